The highest BCUT2D eigenvalue weighted by Crippen LogP contribution is 2.25. The molecule has 3 N–H and O–H groups in total. The number of methoxy groups -OCH3 is 2. The van der Waals surface area contributed by atoms with Gasteiger partial charge >= 0.3 is 0 Å². The molecule has 1 atom stereocenters. The molecule has 0 spiro atoms. The van der Waals surface area contributed by atoms with Gasteiger partial charge in [0.25, 0.3) is 0 Å². The first-order valence-corrected chi connectivity index (χ1v) is 7.09. The highest BCUT2D eigenvalue weighted by molar-refractivity contribution is 14.0. The van der Waals surface area contributed by atoms with Crippen molar-refractivity contribution in [1.82, 2.24) is 5.32 Å². The SMILES string of the molecule is COCC(C)NC(N)=NCC(C)(C)c1ccc(OC)cc1.I. The van der Waals surface area contributed by atoms with Crippen LogP contribution in [0.15, 0.2) is 29.3 Å². The first-order valence-electron chi connectivity index (χ1n) is 7.09. The fourth-order valence-corrected chi connectivity index (χ4v) is 2.01. The normalized spacial score (nSPS) is 13.2. The van der Waals surface area contributed by atoms with Crippen molar-refractivity contribution in [2.75, 3.05) is 27.4 Å². The van der Waals surface area contributed by atoms with Crippen molar-refractivity contribution >= 4 is 29.9 Å². The van der Waals surface area contributed by atoms with Crippen LogP contribution in [0.4, 0.5) is 0 Å². The zero-order chi connectivity index (χ0) is 15.9. The monoisotopic (exact) mass is 421 g/mol. The molecule has 0 amide bonds. The van der Waals surface area contributed by atoms with Gasteiger partial charge in [0.1, 0.15) is 5.75 Å². The summed E-state index contributed by atoms with van der Waals surface area (Å²) in [5, 5.41) is 3.11. The van der Waals surface area contributed by atoms with Crippen LogP contribution in [-0.4, -0.2) is 39.4 Å². The van der Waals surface area contributed by atoms with Crippen LogP contribution in [0.5, 0.6) is 5.75 Å². The van der Waals surface area contributed by atoms with Crippen LogP contribution in [0.1, 0.15) is 26.3 Å². The molecule has 126 valence electrons. The molecule has 1 aromatic rings. The van der Waals surface area contributed by atoms with E-state index >= 15 is 0 Å². The van der Waals surface area contributed by atoms with Crippen LogP contribution in [0, 0.1) is 0 Å². The summed E-state index contributed by atoms with van der Waals surface area (Å²) in [6.07, 6.45) is 0. The van der Waals surface area contributed by atoms with E-state index in [4.69, 9.17) is 15.2 Å². The highest BCUT2D eigenvalue weighted by Gasteiger charge is 2.20. The Morgan fingerprint density at radius 3 is 2.36 bits per heavy atom. The summed E-state index contributed by atoms with van der Waals surface area (Å²) in [6.45, 7) is 7.49. The molecule has 1 rings (SSSR count). The van der Waals surface area contributed by atoms with E-state index < -0.39 is 0 Å². The predicted octanol–water partition coefficient (Wildman–Crippen LogP) is 2.53. The molecule has 0 bridgehead atoms. The molecule has 1 aromatic carbocycles. The van der Waals surface area contributed by atoms with Gasteiger partial charge in [0.15, 0.2) is 5.96 Å². The van der Waals surface area contributed by atoms with E-state index in [2.05, 4.69) is 36.3 Å². The van der Waals surface area contributed by atoms with E-state index in [9.17, 15) is 0 Å². The van der Waals surface area contributed by atoms with Gasteiger partial charge < -0.3 is 20.5 Å². The molecule has 0 saturated heterocycles. The number of nitrogens with two attached hydrogens (primary N) is 1. The molecule has 0 aliphatic rings. The van der Waals surface area contributed by atoms with E-state index in [1.165, 1.54) is 5.56 Å². The van der Waals surface area contributed by atoms with Gasteiger partial charge in [0, 0.05) is 18.6 Å². The third-order valence-corrected chi connectivity index (χ3v) is 3.33. The Morgan fingerprint density at radius 2 is 1.86 bits per heavy atom. The molecular formula is C16H28IN3O2. The smallest absolute Gasteiger partial charge is 0.188 e. The van der Waals surface area contributed by atoms with Crippen LogP contribution < -0.4 is 15.8 Å². The maximum Gasteiger partial charge on any atom is 0.188 e. The summed E-state index contributed by atoms with van der Waals surface area (Å²) < 4.78 is 10.2. The van der Waals surface area contributed by atoms with Gasteiger partial charge in [-0.2, -0.15) is 0 Å². The van der Waals surface area contributed by atoms with E-state index in [1.54, 1.807) is 14.2 Å². The summed E-state index contributed by atoms with van der Waals surface area (Å²) in [4.78, 5) is 4.43. The average Bonchev–Trinajstić information content (AvgIpc) is 2.45. The number of benzene rings is 1. The summed E-state index contributed by atoms with van der Waals surface area (Å²) in [7, 11) is 3.33. The summed E-state index contributed by atoms with van der Waals surface area (Å²) in [5.74, 6) is 1.30. The molecule has 0 heterocycles. The fraction of sp³-hybridized carbons (Fsp3) is 0.562. The number of rotatable bonds is 7. The number of nitrogens with zero attached hydrogens (tertiary/aromatic N) is 1. The minimum Gasteiger partial charge on any atom is -0.497 e. The topological polar surface area (TPSA) is 68.9 Å². The second kappa shape index (κ2) is 9.89. The molecule has 0 radical (unpaired) electrons. The Kier molecular flexibility index (Phi) is 9.43. The largest absolute Gasteiger partial charge is 0.497 e. The Balaban J connectivity index is 0.00000441. The lowest BCUT2D eigenvalue weighted by atomic mass is 9.85. The lowest BCUT2D eigenvalue weighted by molar-refractivity contribution is 0.179. The number of hydrogen-bond donors (Lipinski definition) is 2. The molecule has 22 heavy (non-hydrogen) atoms. The number of ether oxygens (including phenoxy) is 2. The van der Waals surface area contributed by atoms with Crippen molar-refractivity contribution in [3.8, 4) is 5.75 Å². The van der Waals surface area contributed by atoms with Gasteiger partial charge in [-0.15, -0.1) is 24.0 Å². The Labute approximate surface area is 150 Å². The molecule has 6 heteroatoms. The number of halogens is 1. The Morgan fingerprint density at radius 1 is 1.27 bits per heavy atom. The number of nitrogens with one attached hydrogen (secondary N) is 1. The molecule has 0 fully saturated rings. The molecule has 0 saturated carbocycles. The number of hydrogen-bond acceptors (Lipinski definition) is 3. The van der Waals surface area contributed by atoms with Crippen molar-refractivity contribution in [2.45, 2.75) is 32.2 Å². The minimum absolute atomic E-state index is 0. The first-order chi connectivity index (χ1) is 9.89. The van der Waals surface area contributed by atoms with E-state index in [1.807, 2.05) is 19.1 Å². The molecule has 5 nitrogen and oxygen atoms in total. The third-order valence-electron chi connectivity index (χ3n) is 3.33. The second-order valence-corrected chi connectivity index (χ2v) is 5.81. The quantitative estimate of drug-likeness (QED) is 0.404. The standard InChI is InChI=1S/C16H27N3O2.HI/c1-12(10-20-4)19-15(17)18-11-16(2,3)13-6-8-14(21-5)9-7-13;/h6-9,12H,10-11H2,1-5H3,(H3,17,18,19);1H. The van der Waals surface area contributed by atoms with Gasteiger partial charge in [0.2, 0.25) is 0 Å². The van der Waals surface area contributed by atoms with Crippen LogP contribution in [0.2, 0.25) is 0 Å². The van der Waals surface area contributed by atoms with E-state index in [0.717, 1.165) is 5.75 Å². The molecule has 0 aromatic heterocycles. The van der Waals surface area contributed by atoms with Crippen molar-refractivity contribution < 1.29 is 9.47 Å². The summed E-state index contributed by atoms with van der Waals surface area (Å²) >= 11 is 0. The number of aliphatic imine (C=N–C) groups is 1. The second-order valence-electron chi connectivity index (χ2n) is 5.81. The van der Waals surface area contributed by atoms with Gasteiger partial charge in [-0.25, -0.2) is 0 Å². The molecule has 1 unspecified atom stereocenters. The third kappa shape index (κ3) is 6.83. The Hall–Kier alpha value is -1.02. The first kappa shape index (κ1) is 21.0. The van der Waals surface area contributed by atoms with Gasteiger partial charge in [-0.05, 0) is 24.6 Å². The van der Waals surface area contributed by atoms with E-state index in [0.29, 0.717) is 19.1 Å². The highest BCUT2D eigenvalue weighted by atomic mass is 127. The summed E-state index contributed by atoms with van der Waals surface area (Å²) in [6, 6.07) is 8.19. The van der Waals surface area contributed by atoms with Crippen LogP contribution in [0.3, 0.4) is 0 Å². The van der Waals surface area contributed by atoms with Crippen LogP contribution in [0.25, 0.3) is 0 Å². The maximum absolute atomic E-state index is 5.90. The molecule has 0 aliphatic carbocycles. The van der Waals surface area contributed by atoms with Crippen LogP contribution in [-0.2, 0) is 10.2 Å². The maximum atomic E-state index is 5.90. The fourth-order valence-electron chi connectivity index (χ4n) is 2.01. The lowest BCUT2D eigenvalue weighted by Gasteiger charge is -2.24. The van der Waals surface area contributed by atoms with Crippen molar-refractivity contribution in [3.05, 3.63) is 29.8 Å². The zero-order valence-corrected chi connectivity index (χ0v) is 16.4. The summed E-state index contributed by atoms with van der Waals surface area (Å²) in [5.41, 5.74) is 7.00. The minimum atomic E-state index is -0.0942. The van der Waals surface area contributed by atoms with Crippen molar-refractivity contribution in [1.29, 1.82) is 0 Å². The molecule has 0 aliphatic heterocycles. The predicted molar refractivity (Wildman–Crippen MR) is 102 cm³/mol. The van der Waals surface area contributed by atoms with Gasteiger partial charge in [-0.1, -0.05) is 26.0 Å². The van der Waals surface area contributed by atoms with Crippen molar-refractivity contribution in [2.24, 2.45) is 10.7 Å². The van der Waals surface area contributed by atoms with Gasteiger partial charge in [-0.3, -0.25) is 4.99 Å². The zero-order valence-electron chi connectivity index (χ0n) is 14.1. The molecular weight excluding hydrogens is 393 g/mol. The van der Waals surface area contributed by atoms with E-state index in [-0.39, 0.29) is 35.4 Å². The van der Waals surface area contributed by atoms with Gasteiger partial charge in [0.05, 0.1) is 20.3 Å². The Bertz CT molecular complexity index is 461. The van der Waals surface area contributed by atoms with Crippen molar-refractivity contribution in [3.63, 3.8) is 0 Å². The number of guanidine groups is 1. The van der Waals surface area contributed by atoms with Crippen LogP contribution >= 0.6 is 24.0 Å². The average molecular weight is 421 g/mol. The lowest BCUT2D eigenvalue weighted by Crippen LogP contribution is -2.41.